The Balaban J connectivity index is 1.88. The lowest BCUT2D eigenvalue weighted by atomic mass is 10.1. The van der Waals surface area contributed by atoms with Crippen LogP contribution in [0.25, 0.3) is 0 Å². The Morgan fingerprint density at radius 3 is 2.43 bits per heavy atom. The van der Waals surface area contributed by atoms with Crippen molar-refractivity contribution in [2.24, 2.45) is 0 Å². The molecule has 1 aromatic carbocycles. The summed E-state index contributed by atoms with van der Waals surface area (Å²) in [4.78, 5) is 8.99. The lowest BCUT2D eigenvalue weighted by Gasteiger charge is -2.09. The molecular formula is C16H15Cl2N5. The maximum atomic E-state index is 6.22. The molecule has 0 radical (unpaired) electrons. The number of hydrogen-bond donors (Lipinski definition) is 2. The second-order valence-corrected chi connectivity index (χ2v) is 6.05. The van der Waals surface area contributed by atoms with Crippen molar-refractivity contribution < 1.29 is 0 Å². The number of aryl methyl sites for hydroxylation is 2. The minimum atomic E-state index is 0.469. The lowest BCUT2D eigenvalue weighted by molar-refractivity contribution is 0.944. The molecule has 2 heterocycles. The third-order valence-corrected chi connectivity index (χ3v) is 3.97. The smallest absolute Gasteiger partial charge is 0.135 e. The van der Waals surface area contributed by atoms with Crippen LogP contribution in [-0.2, 0) is 6.42 Å². The Labute approximate surface area is 144 Å². The van der Waals surface area contributed by atoms with Crippen molar-refractivity contribution in [1.82, 2.24) is 20.2 Å². The van der Waals surface area contributed by atoms with Gasteiger partial charge in [-0.1, -0.05) is 29.3 Å². The fraction of sp³-hybridized carbons (Fsp3) is 0.188. The summed E-state index contributed by atoms with van der Waals surface area (Å²) in [6.07, 6.45) is 0.469. The molecule has 0 fully saturated rings. The second-order valence-electron chi connectivity index (χ2n) is 5.24. The predicted octanol–water partition coefficient (Wildman–Crippen LogP) is 4.46. The van der Waals surface area contributed by atoms with Gasteiger partial charge in [0.1, 0.15) is 17.5 Å². The highest BCUT2D eigenvalue weighted by molar-refractivity contribution is 6.36. The van der Waals surface area contributed by atoms with Gasteiger partial charge in [-0.15, -0.1) is 0 Å². The summed E-state index contributed by atoms with van der Waals surface area (Å²) < 4.78 is 0. The summed E-state index contributed by atoms with van der Waals surface area (Å²) in [6, 6.07) is 9.21. The zero-order valence-corrected chi connectivity index (χ0v) is 14.2. The first kappa shape index (κ1) is 15.8. The first-order chi connectivity index (χ1) is 11.0. The van der Waals surface area contributed by atoms with Gasteiger partial charge in [-0.2, -0.15) is 5.10 Å². The average Bonchev–Trinajstić information content (AvgIpc) is 2.88. The molecule has 0 bridgehead atoms. The van der Waals surface area contributed by atoms with Crippen LogP contribution in [0, 0.1) is 13.8 Å². The number of halogens is 2. The number of aromatic nitrogens is 4. The number of rotatable bonds is 4. The molecule has 118 valence electrons. The van der Waals surface area contributed by atoms with E-state index in [-0.39, 0.29) is 0 Å². The molecule has 0 saturated heterocycles. The number of nitrogens with zero attached hydrogens (tertiary/aromatic N) is 3. The molecule has 3 aromatic rings. The van der Waals surface area contributed by atoms with Crippen LogP contribution < -0.4 is 5.32 Å². The highest BCUT2D eigenvalue weighted by Gasteiger charge is 2.10. The fourth-order valence-electron chi connectivity index (χ4n) is 2.26. The zero-order valence-electron chi connectivity index (χ0n) is 12.7. The van der Waals surface area contributed by atoms with Gasteiger partial charge in [-0.25, -0.2) is 9.97 Å². The SMILES string of the molecule is Cc1cc(Nc2cc(C)nc(Cc3c(Cl)cccc3Cl)n2)[nH]n1. The monoisotopic (exact) mass is 347 g/mol. The molecule has 23 heavy (non-hydrogen) atoms. The first-order valence-electron chi connectivity index (χ1n) is 7.08. The van der Waals surface area contributed by atoms with Crippen LogP contribution in [0.3, 0.4) is 0 Å². The van der Waals surface area contributed by atoms with E-state index in [4.69, 9.17) is 23.2 Å². The van der Waals surface area contributed by atoms with E-state index in [0.717, 1.165) is 22.8 Å². The third kappa shape index (κ3) is 3.81. The number of benzene rings is 1. The van der Waals surface area contributed by atoms with E-state index < -0.39 is 0 Å². The minimum absolute atomic E-state index is 0.469. The maximum Gasteiger partial charge on any atom is 0.135 e. The van der Waals surface area contributed by atoms with Gasteiger partial charge in [0.25, 0.3) is 0 Å². The summed E-state index contributed by atoms with van der Waals surface area (Å²) in [5, 5.41) is 11.4. The summed E-state index contributed by atoms with van der Waals surface area (Å²) in [7, 11) is 0. The van der Waals surface area contributed by atoms with Crippen molar-refractivity contribution in [3.05, 3.63) is 63.2 Å². The van der Waals surface area contributed by atoms with E-state index in [9.17, 15) is 0 Å². The Hall–Kier alpha value is -2.11. The third-order valence-electron chi connectivity index (χ3n) is 3.27. The van der Waals surface area contributed by atoms with Crippen LogP contribution >= 0.6 is 23.2 Å². The zero-order chi connectivity index (χ0) is 16.4. The average molecular weight is 348 g/mol. The van der Waals surface area contributed by atoms with Crippen molar-refractivity contribution in [3.8, 4) is 0 Å². The summed E-state index contributed by atoms with van der Waals surface area (Å²) in [5.74, 6) is 2.13. The number of nitrogens with one attached hydrogen (secondary N) is 2. The molecule has 0 amide bonds. The normalized spacial score (nSPS) is 10.8. The van der Waals surface area contributed by atoms with Crippen molar-refractivity contribution in [2.75, 3.05) is 5.32 Å². The van der Waals surface area contributed by atoms with Gasteiger partial charge < -0.3 is 5.32 Å². The highest BCUT2D eigenvalue weighted by atomic mass is 35.5. The van der Waals surface area contributed by atoms with E-state index in [2.05, 4.69) is 25.5 Å². The Morgan fingerprint density at radius 2 is 1.78 bits per heavy atom. The van der Waals surface area contributed by atoms with Crippen LogP contribution in [-0.4, -0.2) is 20.2 Å². The standard InChI is InChI=1S/C16H15Cl2N5/c1-9-6-14(21-16-7-10(2)22-23-16)20-15(19-9)8-11-12(17)4-3-5-13(11)18/h3-7H,8H2,1-2H3,(H2,19,20,21,22,23). The van der Waals surface area contributed by atoms with Crippen molar-refractivity contribution in [3.63, 3.8) is 0 Å². The number of hydrogen-bond acceptors (Lipinski definition) is 4. The van der Waals surface area contributed by atoms with Crippen molar-refractivity contribution in [2.45, 2.75) is 20.3 Å². The van der Waals surface area contributed by atoms with E-state index in [1.165, 1.54) is 0 Å². The molecule has 2 N–H and O–H groups in total. The molecule has 3 rings (SSSR count). The molecule has 0 spiro atoms. The van der Waals surface area contributed by atoms with E-state index in [0.29, 0.717) is 28.1 Å². The largest absolute Gasteiger partial charge is 0.325 e. The number of H-pyrrole nitrogens is 1. The molecule has 5 nitrogen and oxygen atoms in total. The summed E-state index contributed by atoms with van der Waals surface area (Å²) in [5.41, 5.74) is 2.59. The number of anilines is 2. The van der Waals surface area contributed by atoms with Crippen LogP contribution in [0.5, 0.6) is 0 Å². The molecule has 2 aromatic heterocycles. The van der Waals surface area contributed by atoms with E-state index >= 15 is 0 Å². The number of aromatic amines is 1. The molecule has 0 aliphatic rings. The minimum Gasteiger partial charge on any atom is -0.325 e. The first-order valence-corrected chi connectivity index (χ1v) is 7.83. The van der Waals surface area contributed by atoms with Gasteiger partial charge in [0, 0.05) is 34.3 Å². The van der Waals surface area contributed by atoms with Gasteiger partial charge in [-0.05, 0) is 31.5 Å². The van der Waals surface area contributed by atoms with Gasteiger partial charge in [0.05, 0.1) is 5.69 Å². The van der Waals surface area contributed by atoms with E-state index in [1.54, 1.807) is 0 Å². The van der Waals surface area contributed by atoms with Gasteiger partial charge in [0.2, 0.25) is 0 Å². The molecule has 0 unspecified atom stereocenters. The van der Waals surface area contributed by atoms with Crippen LogP contribution in [0.2, 0.25) is 10.0 Å². The van der Waals surface area contributed by atoms with Crippen LogP contribution in [0.15, 0.2) is 30.3 Å². The Bertz CT molecular complexity index is 824. The summed E-state index contributed by atoms with van der Waals surface area (Å²) >= 11 is 12.4. The summed E-state index contributed by atoms with van der Waals surface area (Å²) in [6.45, 7) is 3.83. The van der Waals surface area contributed by atoms with Gasteiger partial charge in [-0.3, -0.25) is 5.10 Å². The quantitative estimate of drug-likeness (QED) is 0.731. The lowest BCUT2D eigenvalue weighted by Crippen LogP contribution is -2.03. The topological polar surface area (TPSA) is 66.5 Å². The second kappa shape index (κ2) is 6.56. The molecule has 0 atom stereocenters. The van der Waals surface area contributed by atoms with Gasteiger partial charge in [0.15, 0.2) is 0 Å². The van der Waals surface area contributed by atoms with E-state index in [1.807, 2.05) is 44.2 Å². The highest BCUT2D eigenvalue weighted by Crippen LogP contribution is 2.26. The Morgan fingerprint density at radius 1 is 1.04 bits per heavy atom. The molecule has 0 saturated carbocycles. The van der Waals surface area contributed by atoms with Gasteiger partial charge >= 0.3 is 0 Å². The van der Waals surface area contributed by atoms with Crippen molar-refractivity contribution >= 4 is 34.8 Å². The maximum absolute atomic E-state index is 6.22. The van der Waals surface area contributed by atoms with Crippen molar-refractivity contribution in [1.29, 1.82) is 0 Å². The molecule has 0 aliphatic heterocycles. The Kier molecular flexibility index (Phi) is 4.50. The molecular weight excluding hydrogens is 333 g/mol. The van der Waals surface area contributed by atoms with Crippen LogP contribution in [0.1, 0.15) is 22.8 Å². The molecule has 0 aliphatic carbocycles. The van der Waals surface area contributed by atoms with Crippen LogP contribution in [0.4, 0.5) is 11.6 Å². The predicted molar refractivity (Wildman–Crippen MR) is 92.6 cm³/mol. The molecule has 7 heteroatoms. The fourth-order valence-corrected chi connectivity index (χ4v) is 2.79.